The summed E-state index contributed by atoms with van der Waals surface area (Å²) in [6, 6.07) is 10.3. The summed E-state index contributed by atoms with van der Waals surface area (Å²) in [4.78, 5) is 23.2. The highest BCUT2D eigenvalue weighted by Crippen LogP contribution is 2.28. The van der Waals surface area contributed by atoms with Crippen LogP contribution in [0.3, 0.4) is 0 Å². The molecule has 0 aliphatic carbocycles. The van der Waals surface area contributed by atoms with Crippen LogP contribution in [0.1, 0.15) is 18.4 Å². The molecule has 0 unspecified atom stereocenters. The monoisotopic (exact) mass is 433 g/mol. The molecule has 3 rings (SSSR count). The molecule has 0 saturated carbocycles. The van der Waals surface area contributed by atoms with Gasteiger partial charge in [-0.2, -0.15) is 4.31 Å². The molecule has 0 aromatic heterocycles. The molecule has 1 aliphatic rings. The number of ether oxygens (including phenoxy) is 1. The number of anilines is 1. The molecular weight excluding hydrogens is 410 g/mol. The first-order valence-corrected chi connectivity index (χ1v) is 10.9. The maximum Gasteiger partial charge on any atom is 0.271 e. The Bertz CT molecular complexity index is 1070. The largest absolute Gasteiger partial charge is 0.496 e. The Morgan fingerprint density at radius 2 is 2.03 bits per heavy atom. The predicted octanol–water partition coefficient (Wildman–Crippen LogP) is 2.95. The number of sulfonamides is 1. The topological polar surface area (TPSA) is 119 Å². The van der Waals surface area contributed by atoms with Crippen LogP contribution in [0.4, 0.5) is 11.4 Å². The molecule has 1 atom stereocenters. The molecular formula is C20H23N3O6S. The van der Waals surface area contributed by atoms with Gasteiger partial charge in [0.15, 0.2) is 0 Å². The number of methoxy groups -OCH3 is 1. The number of non-ortho nitro benzene ring substituents is 1. The molecule has 1 aliphatic heterocycles. The van der Waals surface area contributed by atoms with E-state index in [0.717, 1.165) is 0 Å². The molecule has 0 radical (unpaired) electrons. The van der Waals surface area contributed by atoms with Gasteiger partial charge < -0.3 is 10.1 Å². The van der Waals surface area contributed by atoms with Gasteiger partial charge in [-0.15, -0.1) is 0 Å². The van der Waals surface area contributed by atoms with Gasteiger partial charge in [0.05, 0.1) is 22.8 Å². The van der Waals surface area contributed by atoms with E-state index in [1.54, 1.807) is 25.1 Å². The predicted molar refractivity (Wildman–Crippen MR) is 111 cm³/mol. The minimum absolute atomic E-state index is 0.0498. The Hall–Kier alpha value is -2.98. The first-order chi connectivity index (χ1) is 14.2. The minimum Gasteiger partial charge on any atom is -0.496 e. The number of amides is 1. The molecule has 1 saturated heterocycles. The van der Waals surface area contributed by atoms with E-state index in [0.29, 0.717) is 36.4 Å². The lowest BCUT2D eigenvalue weighted by Crippen LogP contribution is -2.43. The number of nitro groups is 1. The highest BCUT2D eigenvalue weighted by molar-refractivity contribution is 7.89. The quantitative estimate of drug-likeness (QED) is 0.553. The fourth-order valence-corrected chi connectivity index (χ4v) is 5.09. The number of hydrogen-bond acceptors (Lipinski definition) is 6. The van der Waals surface area contributed by atoms with E-state index >= 15 is 0 Å². The van der Waals surface area contributed by atoms with Gasteiger partial charge in [-0.25, -0.2) is 8.42 Å². The van der Waals surface area contributed by atoms with Crippen LogP contribution >= 0.6 is 0 Å². The fraction of sp³-hybridized carbons (Fsp3) is 0.350. The lowest BCUT2D eigenvalue weighted by atomic mass is 9.98. The SMILES string of the molecule is COc1ccc(S(=O)(=O)N2CCC[C@@H](C(=O)Nc3cccc([N+](=O)[O-])c3)C2)cc1C. The standard InChI is InChI=1S/C20H23N3O6S/c1-14-11-18(8-9-19(14)29-2)30(27,28)22-10-4-5-15(13-22)20(24)21-16-6-3-7-17(12-16)23(25)26/h3,6-9,11-12,15H,4-5,10,13H2,1-2H3,(H,21,24)/t15-/m1/s1. The molecule has 30 heavy (non-hydrogen) atoms. The van der Waals surface area contributed by atoms with Crippen LogP contribution in [-0.4, -0.2) is 43.8 Å². The van der Waals surface area contributed by atoms with Crippen molar-refractivity contribution in [2.24, 2.45) is 5.92 Å². The van der Waals surface area contributed by atoms with Crippen LogP contribution in [0.5, 0.6) is 5.75 Å². The van der Waals surface area contributed by atoms with Crippen molar-refractivity contribution in [3.63, 3.8) is 0 Å². The molecule has 1 amide bonds. The first kappa shape index (κ1) is 21.7. The third-order valence-corrected chi connectivity index (χ3v) is 6.94. The van der Waals surface area contributed by atoms with Crippen LogP contribution < -0.4 is 10.1 Å². The number of aryl methyl sites for hydroxylation is 1. The van der Waals surface area contributed by atoms with E-state index in [-0.39, 0.29) is 23.0 Å². The third-order valence-electron chi connectivity index (χ3n) is 5.08. The van der Waals surface area contributed by atoms with Crippen molar-refractivity contribution in [1.29, 1.82) is 0 Å². The highest BCUT2D eigenvalue weighted by Gasteiger charge is 2.33. The Kier molecular flexibility index (Phi) is 6.37. The molecule has 160 valence electrons. The summed E-state index contributed by atoms with van der Waals surface area (Å²) in [7, 11) is -2.24. The van der Waals surface area contributed by atoms with Crippen molar-refractivity contribution in [2.75, 3.05) is 25.5 Å². The van der Waals surface area contributed by atoms with Gasteiger partial charge in [0, 0.05) is 30.9 Å². The molecule has 9 nitrogen and oxygen atoms in total. The van der Waals surface area contributed by atoms with Gasteiger partial charge in [0.25, 0.3) is 5.69 Å². The van der Waals surface area contributed by atoms with E-state index < -0.39 is 20.9 Å². The summed E-state index contributed by atoms with van der Waals surface area (Å²) in [5, 5.41) is 13.6. The average molecular weight is 433 g/mol. The van der Waals surface area contributed by atoms with E-state index in [4.69, 9.17) is 4.74 Å². The summed E-state index contributed by atoms with van der Waals surface area (Å²) in [5.74, 6) is -0.310. The fourth-order valence-electron chi connectivity index (χ4n) is 3.48. The summed E-state index contributed by atoms with van der Waals surface area (Å²) >= 11 is 0. The van der Waals surface area contributed by atoms with E-state index in [1.807, 2.05) is 0 Å². The number of nitrogens with zero attached hydrogens (tertiary/aromatic N) is 2. The molecule has 2 aromatic rings. The number of benzene rings is 2. The van der Waals surface area contributed by atoms with Gasteiger partial charge in [-0.3, -0.25) is 14.9 Å². The highest BCUT2D eigenvalue weighted by atomic mass is 32.2. The smallest absolute Gasteiger partial charge is 0.271 e. The van der Waals surface area contributed by atoms with Gasteiger partial charge in [0.2, 0.25) is 15.9 Å². The maximum atomic E-state index is 13.1. The third kappa shape index (κ3) is 4.60. The van der Waals surface area contributed by atoms with Crippen molar-refractivity contribution in [3.05, 3.63) is 58.1 Å². The Labute approximate surface area is 174 Å². The van der Waals surface area contributed by atoms with Gasteiger partial charge in [-0.1, -0.05) is 6.07 Å². The van der Waals surface area contributed by atoms with Crippen molar-refractivity contribution in [3.8, 4) is 5.75 Å². The second-order valence-electron chi connectivity index (χ2n) is 7.13. The summed E-state index contributed by atoms with van der Waals surface area (Å²) in [6.07, 6.45) is 1.08. The lowest BCUT2D eigenvalue weighted by Gasteiger charge is -2.31. The molecule has 1 heterocycles. The number of nitro benzene ring substituents is 1. The maximum absolute atomic E-state index is 13.1. The Morgan fingerprint density at radius 1 is 1.27 bits per heavy atom. The zero-order valence-corrected chi connectivity index (χ0v) is 17.5. The van der Waals surface area contributed by atoms with Crippen LogP contribution in [0.25, 0.3) is 0 Å². The van der Waals surface area contributed by atoms with Crippen molar-refractivity contribution >= 4 is 27.3 Å². The Morgan fingerprint density at radius 3 is 2.70 bits per heavy atom. The number of nitrogens with one attached hydrogen (secondary N) is 1. The lowest BCUT2D eigenvalue weighted by molar-refractivity contribution is -0.384. The van der Waals surface area contributed by atoms with E-state index in [9.17, 15) is 23.3 Å². The Balaban J connectivity index is 1.74. The van der Waals surface area contributed by atoms with Crippen molar-refractivity contribution in [2.45, 2.75) is 24.7 Å². The number of rotatable bonds is 6. The minimum atomic E-state index is -3.76. The number of hydrogen-bond donors (Lipinski definition) is 1. The first-order valence-electron chi connectivity index (χ1n) is 9.42. The number of piperidine rings is 1. The van der Waals surface area contributed by atoms with Crippen LogP contribution in [0.15, 0.2) is 47.4 Å². The normalized spacial score (nSPS) is 17.3. The average Bonchev–Trinajstić information content (AvgIpc) is 2.74. The molecule has 1 N–H and O–H groups in total. The van der Waals surface area contributed by atoms with Crippen LogP contribution in [0, 0.1) is 23.0 Å². The number of carbonyl (C=O) groups is 1. The van der Waals surface area contributed by atoms with Gasteiger partial charge in [0.1, 0.15) is 5.75 Å². The molecule has 2 aromatic carbocycles. The molecule has 1 fully saturated rings. The summed E-state index contributed by atoms with van der Waals surface area (Å²) in [6.45, 7) is 2.14. The molecule has 10 heteroatoms. The zero-order chi connectivity index (χ0) is 21.9. The summed E-state index contributed by atoms with van der Waals surface area (Å²) in [5.41, 5.74) is 0.881. The van der Waals surface area contributed by atoms with Crippen molar-refractivity contribution < 1.29 is 22.9 Å². The van der Waals surface area contributed by atoms with Crippen LogP contribution in [-0.2, 0) is 14.8 Å². The molecule has 0 spiro atoms. The van der Waals surface area contributed by atoms with E-state index in [1.165, 1.54) is 35.7 Å². The molecule has 0 bridgehead atoms. The van der Waals surface area contributed by atoms with Gasteiger partial charge in [-0.05, 0) is 49.6 Å². The van der Waals surface area contributed by atoms with Crippen LogP contribution in [0.2, 0.25) is 0 Å². The van der Waals surface area contributed by atoms with Crippen molar-refractivity contribution in [1.82, 2.24) is 4.31 Å². The van der Waals surface area contributed by atoms with Gasteiger partial charge >= 0.3 is 0 Å². The second-order valence-corrected chi connectivity index (χ2v) is 9.07. The zero-order valence-electron chi connectivity index (χ0n) is 16.7. The second kappa shape index (κ2) is 8.80. The number of carbonyl (C=O) groups excluding carboxylic acids is 1. The van der Waals surface area contributed by atoms with E-state index in [2.05, 4.69) is 5.32 Å². The summed E-state index contributed by atoms with van der Waals surface area (Å²) < 4.78 is 32.6.